The highest BCUT2D eigenvalue weighted by atomic mass is 16.6. The molecule has 112 valence electrons. The normalized spacial score (nSPS) is 35.1. The fourth-order valence-corrected chi connectivity index (χ4v) is 2.04. The van der Waals surface area contributed by atoms with Gasteiger partial charge in [-0.1, -0.05) is 13.3 Å². The molecule has 1 rings (SSSR count). The van der Waals surface area contributed by atoms with Crippen molar-refractivity contribution in [2.45, 2.75) is 57.3 Å². The summed E-state index contributed by atoms with van der Waals surface area (Å²) in [7, 11) is 0. The number of hydrogen-bond donors (Lipinski definition) is 4. The second-order valence-corrected chi connectivity index (χ2v) is 4.65. The third-order valence-electron chi connectivity index (χ3n) is 3.05. The summed E-state index contributed by atoms with van der Waals surface area (Å²) >= 11 is 0. The van der Waals surface area contributed by atoms with Crippen LogP contribution < -0.4 is 5.32 Å². The summed E-state index contributed by atoms with van der Waals surface area (Å²) in [4.78, 5) is 11.0. The first-order chi connectivity index (χ1) is 9.01. The van der Waals surface area contributed by atoms with Crippen molar-refractivity contribution in [2.75, 3.05) is 13.2 Å². The maximum Gasteiger partial charge on any atom is 0.217 e. The van der Waals surface area contributed by atoms with E-state index in [1.54, 1.807) is 0 Å². The number of amides is 1. The molecule has 0 spiro atoms. The maximum atomic E-state index is 11.0. The summed E-state index contributed by atoms with van der Waals surface area (Å²) < 4.78 is 10.7. The van der Waals surface area contributed by atoms with Crippen LogP contribution in [0.2, 0.25) is 0 Å². The summed E-state index contributed by atoms with van der Waals surface area (Å²) in [6.07, 6.45) is -2.35. The summed E-state index contributed by atoms with van der Waals surface area (Å²) in [5.74, 6) is -0.388. The van der Waals surface area contributed by atoms with Gasteiger partial charge in [0.2, 0.25) is 5.91 Å². The van der Waals surface area contributed by atoms with Gasteiger partial charge in [-0.25, -0.2) is 0 Å². The Morgan fingerprint density at radius 2 is 2.11 bits per heavy atom. The number of aliphatic hydroxyl groups is 3. The molecular weight excluding hydrogens is 254 g/mol. The van der Waals surface area contributed by atoms with Crippen molar-refractivity contribution in [3.63, 3.8) is 0 Å². The standard InChI is InChI=1S/C12H23NO6/c1-3-4-5-18-11-8(6-14)19-12(17)9(10(11)16)13-7(2)15/h8-12,14,16-17H,3-6H2,1-2H3,(H,13,15)/t8-,9+,10-,11-,12?/m1/s1. The van der Waals surface area contributed by atoms with Crippen LogP contribution in [0.4, 0.5) is 0 Å². The highest BCUT2D eigenvalue weighted by molar-refractivity contribution is 5.73. The van der Waals surface area contributed by atoms with E-state index in [9.17, 15) is 20.1 Å². The Bertz CT molecular complexity index is 287. The van der Waals surface area contributed by atoms with Crippen LogP contribution in [-0.2, 0) is 14.3 Å². The Morgan fingerprint density at radius 3 is 2.63 bits per heavy atom. The average Bonchev–Trinajstić information content (AvgIpc) is 2.36. The van der Waals surface area contributed by atoms with Gasteiger partial charge in [0.15, 0.2) is 6.29 Å². The molecule has 0 saturated carbocycles. The summed E-state index contributed by atoms with van der Waals surface area (Å²) in [6, 6.07) is -0.966. The minimum atomic E-state index is -1.37. The van der Waals surface area contributed by atoms with E-state index in [4.69, 9.17) is 9.47 Å². The highest BCUT2D eigenvalue weighted by Gasteiger charge is 2.45. The number of rotatable bonds is 6. The maximum absolute atomic E-state index is 11.0. The van der Waals surface area contributed by atoms with E-state index in [1.807, 2.05) is 6.92 Å². The number of unbranched alkanes of at least 4 members (excludes halogenated alkanes) is 1. The molecule has 1 saturated heterocycles. The lowest BCUT2D eigenvalue weighted by atomic mass is 9.96. The smallest absolute Gasteiger partial charge is 0.217 e. The lowest BCUT2D eigenvalue weighted by Gasteiger charge is -2.42. The first-order valence-corrected chi connectivity index (χ1v) is 6.52. The lowest BCUT2D eigenvalue weighted by molar-refractivity contribution is -0.263. The quantitative estimate of drug-likeness (QED) is 0.452. The fourth-order valence-electron chi connectivity index (χ4n) is 2.04. The molecule has 1 aliphatic rings. The van der Waals surface area contributed by atoms with Gasteiger partial charge in [0.1, 0.15) is 24.4 Å². The zero-order valence-corrected chi connectivity index (χ0v) is 11.3. The minimum absolute atomic E-state index is 0.377. The summed E-state index contributed by atoms with van der Waals surface area (Å²) in [6.45, 7) is 3.33. The third-order valence-corrected chi connectivity index (χ3v) is 3.05. The Balaban J connectivity index is 2.70. The van der Waals surface area contributed by atoms with Crippen LogP contribution in [0, 0.1) is 0 Å². The number of carbonyl (C=O) groups excluding carboxylic acids is 1. The van der Waals surface area contributed by atoms with Gasteiger partial charge in [-0.3, -0.25) is 4.79 Å². The number of hydrogen-bond acceptors (Lipinski definition) is 6. The predicted octanol–water partition coefficient (Wildman–Crippen LogP) is -1.25. The molecule has 1 amide bonds. The van der Waals surface area contributed by atoms with E-state index < -0.39 is 30.6 Å². The first kappa shape index (κ1) is 16.3. The van der Waals surface area contributed by atoms with Gasteiger partial charge in [0.05, 0.1) is 6.61 Å². The molecule has 1 heterocycles. The molecule has 0 bridgehead atoms. The molecule has 7 nitrogen and oxygen atoms in total. The van der Waals surface area contributed by atoms with Gasteiger partial charge in [-0.05, 0) is 6.42 Å². The second kappa shape index (κ2) is 7.76. The lowest BCUT2D eigenvalue weighted by Crippen LogP contribution is -2.64. The monoisotopic (exact) mass is 277 g/mol. The van der Waals surface area contributed by atoms with E-state index in [1.165, 1.54) is 6.92 Å². The first-order valence-electron chi connectivity index (χ1n) is 6.52. The van der Waals surface area contributed by atoms with E-state index in [0.717, 1.165) is 12.8 Å². The summed E-state index contributed by atoms with van der Waals surface area (Å²) in [5.41, 5.74) is 0. The topological polar surface area (TPSA) is 108 Å². The van der Waals surface area contributed by atoms with Crippen molar-refractivity contribution in [1.82, 2.24) is 5.32 Å². The molecule has 19 heavy (non-hydrogen) atoms. The van der Waals surface area contributed by atoms with Crippen LogP contribution in [0.15, 0.2) is 0 Å². The molecule has 4 N–H and O–H groups in total. The number of carbonyl (C=O) groups is 1. The van der Waals surface area contributed by atoms with Crippen molar-refractivity contribution in [3.8, 4) is 0 Å². The number of ether oxygens (including phenoxy) is 2. The Morgan fingerprint density at radius 1 is 1.42 bits per heavy atom. The zero-order valence-electron chi connectivity index (χ0n) is 11.3. The van der Waals surface area contributed by atoms with Gasteiger partial charge in [0.25, 0.3) is 0 Å². The van der Waals surface area contributed by atoms with E-state index >= 15 is 0 Å². The highest BCUT2D eigenvalue weighted by Crippen LogP contribution is 2.22. The molecule has 0 aromatic rings. The Hall–Kier alpha value is -0.730. The van der Waals surface area contributed by atoms with Crippen molar-refractivity contribution in [2.24, 2.45) is 0 Å². The van der Waals surface area contributed by atoms with Crippen molar-refractivity contribution in [3.05, 3.63) is 0 Å². The molecule has 1 fully saturated rings. The van der Waals surface area contributed by atoms with Gasteiger partial charge < -0.3 is 30.1 Å². The Labute approximate surface area is 112 Å². The molecule has 1 unspecified atom stereocenters. The second-order valence-electron chi connectivity index (χ2n) is 4.65. The van der Waals surface area contributed by atoms with Crippen LogP contribution in [0.3, 0.4) is 0 Å². The third kappa shape index (κ3) is 4.39. The predicted molar refractivity (Wildman–Crippen MR) is 66.2 cm³/mol. The molecule has 0 aromatic heterocycles. The van der Waals surface area contributed by atoms with Crippen LogP contribution in [0.25, 0.3) is 0 Å². The van der Waals surface area contributed by atoms with Gasteiger partial charge in [0, 0.05) is 13.5 Å². The van der Waals surface area contributed by atoms with Crippen molar-refractivity contribution < 1.29 is 29.6 Å². The molecule has 0 aromatic carbocycles. The van der Waals surface area contributed by atoms with Crippen LogP contribution >= 0.6 is 0 Å². The zero-order chi connectivity index (χ0) is 14.4. The van der Waals surface area contributed by atoms with Gasteiger partial charge in [-0.2, -0.15) is 0 Å². The van der Waals surface area contributed by atoms with E-state index in [-0.39, 0.29) is 12.5 Å². The fraction of sp³-hybridized carbons (Fsp3) is 0.917. The minimum Gasteiger partial charge on any atom is -0.394 e. The number of nitrogens with one attached hydrogen (secondary N) is 1. The van der Waals surface area contributed by atoms with Gasteiger partial charge in [-0.15, -0.1) is 0 Å². The molecule has 1 aliphatic heterocycles. The molecule has 0 radical (unpaired) electrons. The van der Waals surface area contributed by atoms with Crippen molar-refractivity contribution >= 4 is 5.91 Å². The number of aliphatic hydroxyl groups excluding tert-OH is 3. The molecule has 5 atom stereocenters. The SMILES string of the molecule is CCCCO[C@H]1[C@H](O)[C@H](NC(C)=O)C(O)O[C@@H]1CO. The Kier molecular flexibility index (Phi) is 6.67. The molecular formula is C12H23NO6. The van der Waals surface area contributed by atoms with Crippen LogP contribution in [-0.4, -0.2) is 65.1 Å². The van der Waals surface area contributed by atoms with E-state index in [0.29, 0.717) is 6.61 Å². The van der Waals surface area contributed by atoms with Crippen LogP contribution in [0.5, 0.6) is 0 Å². The molecule has 0 aliphatic carbocycles. The van der Waals surface area contributed by atoms with Crippen LogP contribution in [0.1, 0.15) is 26.7 Å². The largest absolute Gasteiger partial charge is 0.394 e. The van der Waals surface area contributed by atoms with Gasteiger partial charge >= 0.3 is 0 Å². The van der Waals surface area contributed by atoms with Crippen molar-refractivity contribution in [1.29, 1.82) is 0 Å². The van der Waals surface area contributed by atoms with E-state index in [2.05, 4.69) is 5.32 Å². The molecule has 7 heteroatoms. The average molecular weight is 277 g/mol. The summed E-state index contributed by atoms with van der Waals surface area (Å²) in [5, 5.41) is 31.5.